The van der Waals surface area contributed by atoms with Gasteiger partial charge in [-0.1, -0.05) is 0 Å². The second-order valence-corrected chi connectivity index (χ2v) is 7.56. The van der Waals surface area contributed by atoms with Gasteiger partial charge in [0.05, 0.1) is 41.4 Å². The highest BCUT2D eigenvalue weighted by Gasteiger charge is 2.32. The molecule has 0 bridgehead atoms. The summed E-state index contributed by atoms with van der Waals surface area (Å²) in [4.78, 5) is 12.2. The van der Waals surface area contributed by atoms with E-state index in [1.807, 2.05) is 20.2 Å². The molecule has 5 heterocycles. The zero-order chi connectivity index (χ0) is 17.8. The summed E-state index contributed by atoms with van der Waals surface area (Å²) in [6.45, 7) is 5.63. The third kappa shape index (κ3) is 2.31. The van der Waals surface area contributed by atoms with Crippen LogP contribution in [0.15, 0.2) is 18.7 Å². The molecule has 0 amide bonds. The van der Waals surface area contributed by atoms with E-state index in [1.54, 1.807) is 28.5 Å². The number of aromatic nitrogens is 6. The van der Waals surface area contributed by atoms with Crippen molar-refractivity contribution in [2.75, 3.05) is 18.0 Å². The minimum absolute atomic E-state index is 0.141. The van der Waals surface area contributed by atoms with Gasteiger partial charge >= 0.3 is 0 Å². The van der Waals surface area contributed by atoms with Crippen molar-refractivity contribution in [1.82, 2.24) is 29.9 Å². The molecule has 0 aliphatic carbocycles. The van der Waals surface area contributed by atoms with Gasteiger partial charge in [0.1, 0.15) is 23.1 Å². The van der Waals surface area contributed by atoms with Crippen LogP contribution in [-0.4, -0.2) is 49.1 Å². The highest BCUT2D eigenvalue weighted by atomic mass is 32.1. The molecule has 0 N–H and O–H groups in total. The summed E-state index contributed by atoms with van der Waals surface area (Å²) in [5, 5.41) is 13.8. The first-order valence-electron chi connectivity index (χ1n) is 8.37. The molecule has 0 unspecified atom stereocenters. The molecule has 1 fully saturated rings. The van der Waals surface area contributed by atoms with Crippen molar-refractivity contribution >= 4 is 37.6 Å². The maximum Gasteiger partial charge on any atom is 0.157 e. The van der Waals surface area contributed by atoms with E-state index in [4.69, 9.17) is 4.74 Å². The zero-order valence-electron chi connectivity index (χ0n) is 14.7. The fourth-order valence-electron chi connectivity index (χ4n) is 3.23. The molecule has 0 aromatic carbocycles. The second-order valence-electron chi connectivity index (χ2n) is 6.56. The Bertz CT molecular complexity index is 1130. The van der Waals surface area contributed by atoms with Gasteiger partial charge in [0.25, 0.3) is 0 Å². The van der Waals surface area contributed by atoms with Crippen LogP contribution < -0.4 is 9.64 Å². The molecule has 9 heteroatoms. The SMILES string of the molecule is Cc1nnc2sc3c(N4CC(Oc5cnn(C)c5)C4)ncnc3c2c1C. The number of nitrogens with zero attached hydrogens (tertiary/aromatic N) is 7. The molecule has 8 nitrogen and oxygen atoms in total. The lowest BCUT2D eigenvalue weighted by Gasteiger charge is -2.39. The first-order valence-corrected chi connectivity index (χ1v) is 9.19. The van der Waals surface area contributed by atoms with E-state index in [9.17, 15) is 0 Å². The molecule has 132 valence electrons. The molecule has 1 saturated heterocycles. The van der Waals surface area contributed by atoms with Crippen LogP contribution in [0.5, 0.6) is 5.75 Å². The summed E-state index contributed by atoms with van der Waals surface area (Å²) in [5.41, 5.74) is 3.03. The Morgan fingerprint density at radius 3 is 2.81 bits per heavy atom. The Hall–Kier alpha value is -2.81. The van der Waals surface area contributed by atoms with E-state index in [0.29, 0.717) is 0 Å². The second kappa shape index (κ2) is 5.60. The van der Waals surface area contributed by atoms with Crippen molar-refractivity contribution in [3.8, 4) is 5.75 Å². The lowest BCUT2D eigenvalue weighted by Crippen LogP contribution is -2.54. The van der Waals surface area contributed by atoms with Gasteiger partial charge in [-0.05, 0) is 19.4 Å². The number of thiophene rings is 1. The predicted octanol–water partition coefficient (Wildman–Crippen LogP) is 2.25. The summed E-state index contributed by atoms with van der Waals surface area (Å²) < 4.78 is 8.74. The van der Waals surface area contributed by atoms with E-state index in [-0.39, 0.29) is 6.10 Å². The van der Waals surface area contributed by atoms with Crippen molar-refractivity contribution < 1.29 is 4.74 Å². The first kappa shape index (κ1) is 15.4. The Labute approximate surface area is 153 Å². The molecular formula is C17H17N7OS. The summed E-state index contributed by atoms with van der Waals surface area (Å²) >= 11 is 1.60. The van der Waals surface area contributed by atoms with E-state index in [1.165, 1.54) is 0 Å². The molecule has 0 radical (unpaired) electrons. The summed E-state index contributed by atoms with van der Waals surface area (Å²) in [7, 11) is 1.88. The van der Waals surface area contributed by atoms with Crippen molar-refractivity contribution in [3.63, 3.8) is 0 Å². The number of aryl methyl sites for hydroxylation is 3. The Balaban J connectivity index is 1.46. The molecule has 4 aromatic heterocycles. The Morgan fingerprint density at radius 2 is 2.04 bits per heavy atom. The van der Waals surface area contributed by atoms with Gasteiger partial charge in [0.2, 0.25) is 0 Å². The molecular weight excluding hydrogens is 350 g/mol. The van der Waals surface area contributed by atoms with Crippen LogP contribution in [0.3, 0.4) is 0 Å². The van der Waals surface area contributed by atoms with Crippen LogP contribution in [0.25, 0.3) is 20.4 Å². The molecule has 5 rings (SSSR count). The number of fused-ring (bicyclic) bond motifs is 3. The average molecular weight is 367 g/mol. The van der Waals surface area contributed by atoms with Gasteiger partial charge in [0.15, 0.2) is 5.75 Å². The summed E-state index contributed by atoms with van der Waals surface area (Å²) in [6, 6.07) is 0. The normalized spacial score (nSPS) is 15.0. The third-order valence-corrected chi connectivity index (χ3v) is 5.83. The van der Waals surface area contributed by atoms with Crippen LogP contribution >= 0.6 is 11.3 Å². The van der Waals surface area contributed by atoms with Gasteiger partial charge in [0, 0.05) is 12.4 Å². The van der Waals surface area contributed by atoms with Crippen LogP contribution in [-0.2, 0) is 7.05 Å². The smallest absolute Gasteiger partial charge is 0.157 e. The molecule has 0 atom stereocenters. The monoisotopic (exact) mass is 367 g/mol. The number of hydrogen-bond donors (Lipinski definition) is 0. The number of hydrogen-bond acceptors (Lipinski definition) is 8. The summed E-state index contributed by atoms with van der Waals surface area (Å²) in [5.74, 6) is 1.74. The molecule has 4 aromatic rings. The third-order valence-electron chi connectivity index (χ3n) is 4.77. The van der Waals surface area contributed by atoms with Crippen LogP contribution in [0.2, 0.25) is 0 Å². The minimum atomic E-state index is 0.141. The molecule has 0 saturated carbocycles. The van der Waals surface area contributed by atoms with E-state index >= 15 is 0 Å². The van der Waals surface area contributed by atoms with E-state index in [0.717, 1.165) is 56.3 Å². The topological polar surface area (TPSA) is 81.9 Å². The highest BCUT2D eigenvalue weighted by Crippen LogP contribution is 2.39. The van der Waals surface area contributed by atoms with Gasteiger partial charge < -0.3 is 9.64 Å². The Kier molecular flexibility index (Phi) is 3.33. The summed E-state index contributed by atoms with van der Waals surface area (Å²) in [6.07, 6.45) is 5.39. The minimum Gasteiger partial charge on any atom is -0.483 e. The maximum absolute atomic E-state index is 5.94. The van der Waals surface area contributed by atoms with Gasteiger partial charge in [-0.25, -0.2) is 9.97 Å². The lowest BCUT2D eigenvalue weighted by atomic mass is 10.1. The van der Waals surface area contributed by atoms with E-state index < -0.39 is 0 Å². The molecule has 0 spiro atoms. The number of rotatable bonds is 3. The number of ether oxygens (including phenoxy) is 1. The first-order chi connectivity index (χ1) is 12.6. The molecule has 26 heavy (non-hydrogen) atoms. The van der Waals surface area contributed by atoms with E-state index in [2.05, 4.69) is 37.1 Å². The van der Waals surface area contributed by atoms with Gasteiger partial charge in [-0.15, -0.1) is 16.4 Å². The quantitative estimate of drug-likeness (QED) is 0.549. The lowest BCUT2D eigenvalue weighted by molar-refractivity contribution is 0.167. The fraction of sp³-hybridized carbons (Fsp3) is 0.353. The standard InChI is InChI=1S/C17H17N7OS/c1-9-10(2)21-22-17-13(9)14-15(26-17)16(19-8-18-14)24-6-12(7-24)25-11-4-20-23(3)5-11/h4-5,8,12H,6-7H2,1-3H3. The van der Waals surface area contributed by atoms with Crippen molar-refractivity contribution in [1.29, 1.82) is 0 Å². The van der Waals surface area contributed by atoms with Crippen LogP contribution in [0.4, 0.5) is 5.82 Å². The van der Waals surface area contributed by atoms with Gasteiger partial charge in [-0.2, -0.15) is 10.2 Å². The average Bonchev–Trinajstić information content (AvgIpc) is 3.17. The van der Waals surface area contributed by atoms with Crippen molar-refractivity contribution in [2.24, 2.45) is 7.05 Å². The zero-order valence-corrected chi connectivity index (χ0v) is 15.5. The molecule has 1 aliphatic heterocycles. The molecule has 1 aliphatic rings. The maximum atomic E-state index is 5.94. The highest BCUT2D eigenvalue weighted by molar-refractivity contribution is 7.26. The predicted molar refractivity (Wildman–Crippen MR) is 99.8 cm³/mol. The number of anilines is 1. The van der Waals surface area contributed by atoms with Crippen molar-refractivity contribution in [3.05, 3.63) is 30.0 Å². The van der Waals surface area contributed by atoms with Crippen LogP contribution in [0.1, 0.15) is 11.3 Å². The fourth-order valence-corrected chi connectivity index (χ4v) is 4.38. The van der Waals surface area contributed by atoms with Crippen LogP contribution in [0, 0.1) is 13.8 Å². The Morgan fingerprint density at radius 1 is 1.19 bits per heavy atom. The van der Waals surface area contributed by atoms with Gasteiger partial charge in [-0.3, -0.25) is 4.68 Å². The largest absolute Gasteiger partial charge is 0.483 e. The van der Waals surface area contributed by atoms with Crippen molar-refractivity contribution in [2.45, 2.75) is 20.0 Å².